The Morgan fingerprint density at radius 3 is 2.74 bits per heavy atom. The number of aromatic nitrogens is 2. The Balaban J connectivity index is 1.91. The Morgan fingerprint density at radius 2 is 1.93 bits per heavy atom. The lowest BCUT2D eigenvalue weighted by Crippen LogP contribution is -2.24. The molecule has 2 aromatic carbocycles. The maximum absolute atomic E-state index is 13.6. The summed E-state index contributed by atoms with van der Waals surface area (Å²) in [6, 6.07) is 19.1. The molecule has 2 aromatic heterocycles. The Morgan fingerprint density at radius 1 is 1.07 bits per heavy atom. The van der Waals surface area contributed by atoms with Gasteiger partial charge in [0.25, 0.3) is 5.56 Å². The van der Waals surface area contributed by atoms with E-state index in [9.17, 15) is 4.79 Å². The van der Waals surface area contributed by atoms with Crippen molar-refractivity contribution >= 4 is 11.0 Å². The van der Waals surface area contributed by atoms with Crippen molar-refractivity contribution in [3.05, 3.63) is 82.8 Å². The van der Waals surface area contributed by atoms with Gasteiger partial charge in [0, 0.05) is 11.8 Å². The van der Waals surface area contributed by atoms with E-state index in [-0.39, 0.29) is 5.56 Å². The molecule has 0 radical (unpaired) electrons. The molecule has 0 bridgehead atoms. The van der Waals surface area contributed by atoms with Gasteiger partial charge in [0.05, 0.1) is 23.7 Å². The van der Waals surface area contributed by atoms with Crippen LogP contribution in [-0.4, -0.2) is 16.7 Å². The standard InChI is InChI=1S/C22H16N2O3/c1-26-16-9-10-17-14(12-16)13-27-20-18-8-5-11-23-21(18)24(22(25)19(17)20)15-6-3-2-4-7-15/h2-12H,13H2,1H3. The van der Waals surface area contributed by atoms with E-state index < -0.39 is 0 Å². The average molecular weight is 356 g/mol. The second kappa shape index (κ2) is 5.99. The lowest BCUT2D eigenvalue weighted by molar-refractivity contribution is 0.304. The zero-order valence-electron chi connectivity index (χ0n) is 14.7. The minimum atomic E-state index is -0.145. The van der Waals surface area contributed by atoms with E-state index in [4.69, 9.17) is 9.47 Å². The number of methoxy groups -OCH3 is 1. The van der Waals surface area contributed by atoms with E-state index in [1.54, 1.807) is 17.9 Å². The number of nitrogens with zero attached hydrogens (tertiary/aromatic N) is 2. The van der Waals surface area contributed by atoms with Gasteiger partial charge in [-0.25, -0.2) is 4.98 Å². The van der Waals surface area contributed by atoms with Crippen LogP contribution in [0.4, 0.5) is 0 Å². The first-order chi connectivity index (χ1) is 13.3. The topological polar surface area (TPSA) is 53.4 Å². The first kappa shape index (κ1) is 15.6. The zero-order valence-corrected chi connectivity index (χ0v) is 14.7. The molecule has 5 rings (SSSR count). The maximum atomic E-state index is 13.6. The summed E-state index contributed by atoms with van der Waals surface area (Å²) in [4.78, 5) is 18.0. The first-order valence-electron chi connectivity index (χ1n) is 8.67. The van der Waals surface area contributed by atoms with Crippen molar-refractivity contribution < 1.29 is 9.47 Å². The smallest absolute Gasteiger partial charge is 0.268 e. The molecule has 0 amide bonds. The summed E-state index contributed by atoms with van der Waals surface area (Å²) in [5.41, 5.74) is 3.58. The van der Waals surface area contributed by atoms with Gasteiger partial charge in [-0.1, -0.05) is 18.2 Å². The number of para-hydroxylation sites is 1. The van der Waals surface area contributed by atoms with Crippen LogP contribution in [0.3, 0.4) is 0 Å². The minimum Gasteiger partial charge on any atom is -0.497 e. The molecule has 0 saturated carbocycles. The SMILES string of the molecule is COc1ccc2c(c1)COc1c-2c(=O)n(-c2ccccc2)c2ncccc12. The van der Waals surface area contributed by atoms with E-state index >= 15 is 0 Å². The fourth-order valence-corrected chi connectivity index (χ4v) is 3.61. The van der Waals surface area contributed by atoms with Gasteiger partial charge < -0.3 is 9.47 Å². The van der Waals surface area contributed by atoms with Gasteiger partial charge in [-0.05, 0) is 48.0 Å². The lowest BCUT2D eigenvalue weighted by atomic mass is 9.96. The molecular formula is C22H16N2O3. The highest BCUT2D eigenvalue weighted by Gasteiger charge is 2.26. The second-order valence-electron chi connectivity index (χ2n) is 6.37. The van der Waals surface area contributed by atoms with Gasteiger partial charge in [-0.2, -0.15) is 0 Å². The Bertz CT molecular complexity index is 1230. The number of fused-ring (bicyclic) bond motifs is 5. The average Bonchev–Trinajstić information content (AvgIpc) is 2.73. The lowest BCUT2D eigenvalue weighted by Gasteiger charge is -2.23. The number of hydrogen-bond donors (Lipinski definition) is 0. The van der Waals surface area contributed by atoms with Gasteiger partial charge in [0.1, 0.15) is 18.1 Å². The van der Waals surface area contributed by atoms with Gasteiger partial charge in [0.15, 0.2) is 5.65 Å². The molecule has 1 aliphatic rings. The molecule has 0 unspecified atom stereocenters. The highest BCUT2D eigenvalue weighted by molar-refractivity contribution is 5.93. The third-order valence-corrected chi connectivity index (χ3v) is 4.86. The van der Waals surface area contributed by atoms with Crippen LogP contribution in [0.2, 0.25) is 0 Å². The molecule has 27 heavy (non-hydrogen) atoms. The van der Waals surface area contributed by atoms with Crippen molar-refractivity contribution in [3.8, 4) is 28.3 Å². The summed E-state index contributed by atoms with van der Waals surface area (Å²) in [7, 11) is 1.63. The Kier molecular flexibility index (Phi) is 3.47. The molecule has 3 heterocycles. The van der Waals surface area contributed by atoms with E-state index in [2.05, 4.69) is 4.98 Å². The monoisotopic (exact) mass is 356 g/mol. The van der Waals surface area contributed by atoms with Gasteiger partial charge in [-0.15, -0.1) is 0 Å². The van der Waals surface area contributed by atoms with Crippen LogP contribution in [0.25, 0.3) is 27.8 Å². The molecule has 0 spiro atoms. The maximum Gasteiger partial charge on any atom is 0.268 e. The van der Waals surface area contributed by atoms with Gasteiger partial charge in [0.2, 0.25) is 0 Å². The van der Waals surface area contributed by atoms with Gasteiger partial charge >= 0.3 is 0 Å². The molecule has 5 heteroatoms. The van der Waals surface area contributed by atoms with Crippen molar-refractivity contribution in [1.82, 2.24) is 9.55 Å². The Hall–Kier alpha value is -3.60. The van der Waals surface area contributed by atoms with Gasteiger partial charge in [-0.3, -0.25) is 9.36 Å². The summed E-state index contributed by atoms with van der Waals surface area (Å²) in [5, 5.41) is 0.817. The quantitative estimate of drug-likeness (QED) is 0.546. The van der Waals surface area contributed by atoms with Crippen LogP contribution in [0.5, 0.6) is 11.5 Å². The van der Waals surface area contributed by atoms with Crippen LogP contribution in [-0.2, 0) is 6.61 Å². The van der Waals surface area contributed by atoms with E-state index in [0.29, 0.717) is 23.6 Å². The number of rotatable bonds is 2. The van der Waals surface area contributed by atoms with Crippen molar-refractivity contribution in [2.75, 3.05) is 7.11 Å². The molecular weight excluding hydrogens is 340 g/mol. The first-order valence-corrected chi connectivity index (χ1v) is 8.67. The van der Waals surface area contributed by atoms with Crippen LogP contribution in [0, 0.1) is 0 Å². The fourth-order valence-electron chi connectivity index (χ4n) is 3.61. The number of hydrogen-bond acceptors (Lipinski definition) is 4. The van der Waals surface area contributed by atoms with Crippen LogP contribution in [0.1, 0.15) is 5.56 Å². The molecule has 0 N–H and O–H groups in total. The number of benzene rings is 2. The third kappa shape index (κ3) is 2.32. The van der Waals surface area contributed by atoms with E-state index in [1.807, 2.05) is 60.7 Å². The minimum absolute atomic E-state index is 0.145. The summed E-state index contributed by atoms with van der Waals surface area (Å²) in [5.74, 6) is 1.33. The Labute approximate surface area is 155 Å². The summed E-state index contributed by atoms with van der Waals surface area (Å²) >= 11 is 0. The molecule has 5 nitrogen and oxygen atoms in total. The van der Waals surface area contributed by atoms with Crippen LogP contribution >= 0.6 is 0 Å². The molecule has 1 aliphatic heterocycles. The van der Waals surface area contributed by atoms with Crippen molar-refractivity contribution in [2.45, 2.75) is 6.61 Å². The molecule has 4 aromatic rings. The highest BCUT2D eigenvalue weighted by Crippen LogP contribution is 2.40. The summed E-state index contributed by atoms with van der Waals surface area (Å²) in [6.07, 6.45) is 1.69. The predicted octanol–water partition coefficient (Wildman–Crippen LogP) is 3.95. The van der Waals surface area contributed by atoms with Crippen LogP contribution in [0.15, 0.2) is 71.7 Å². The zero-order chi connectivity index (χ0) is 18.4. The predicted molar refractivity (Wildman–Crippen MR) is 104 cm³/mol. The van der Waals surface area contributed by atoms with E-state index in [1.165, 1.54) is 0 Å². The number of pyridine rings is 2. The van der Waals surface area contributed by atoms with E-state index in [0.717, 1.165) is 28.0 Å². The van der Waals surface area contributed by atoms with Crippen molar-refractivity contribution in [2.24, 2.45) is 0 Å². The molecule has 132 valence electrons. The van der Waals surface area contributed by atoms with Crippen LogP contribution < -0.4 is 15.0 Å². The normalized spacial score (nSPS) is 12.2. The summed E-state index contributed by atoms with van der Waals surface area (Å²) < 4.78 is 13.0. The molecule has 0 atom stereocenters. The highest BCUT2D eigenvalue weighted by atomic mass is 16.5. The molecule has 0 aliphatic carbocycles. The largest absolute Gasteiger partial charge is 0.497 e. The molecule has 0 fully saturated rings. The van der Waals surface area contributed by atoms with Crippen molar-refractivity contribution in [3.63, 3.8) is 0 Å². The number of ether oxygens (including phenoxy) is 2. The second-order valence-corrected chi connectivity index (χ2v) is 6.37. The van der Waals surface area contributed by atoms with Crippen molar-refractivity contribution in [1.29, 1.82) is 0 Å². The fraction of sp³-hybridized carbons (Fsp3) is 0.0909. The summed E-state index contributed by atoms with van der Waals surface area (Å²) in [6.45, 7) is 0.387. The molecule has 0 saturated heterocycles. The third-order valence-electron chi connectivity index (χ3n) is 4.86.